The lowest BCUT2D eigenvalue weighted by molar-refractivity contribution is 0.218. The molecule has 3 aromatic rings. The van der Waals surface area contributed by atoms with E-state index in [1.807, 2.05) is 12.1 Å². The maximum absolute atomic E-state index is 8.84. The molecule has 0 spiro atoms. The third-order valence-corrected chi connectivity index (χ3v) is 5.21. The molecule has 3 heterocycles. The predicted octanol–water partition coefficient (Wildman–Crippen LogP) is 3.52. The van der Waals surface area contributed by atoms with Crippen LogP contribution in [0.4, 0.5) is 11.6 Å². The number of H-pyrrole nitrogens is 1. The number of rotatable bonds is 7. The van der Waals surface area contributed by atoms with Crippen molar-refractivity contribution < 1.29 is 9.47 Å². The van der Waals surface area contributed by atoms with E-state index in [1.165, 1.54) is 12.4 Å². The number of benzene rings is 1. The van der Waals surface area contributed by atoms with Gasteiger partial charge in [0, 0.05) is 23.6 Å². The number of aromatic amines is 1. The van der Waals surface area contributed by atoms with E-state index in [0.717, 1.165) is 31.5 Å². The molecular formula is C21H22ClN7O2. The molecular weight excluding hydrogens is 418 g/mol. The highest BCUT2D eigenvalue weighted by atomic mass is 35.5. The normalized spacial score (nSPS) is 15.8. The fourth-order valence-electron chi connectivity index (χ4n) is 3.47. The molecule has 1 aromatic carbocycles. The fraction of sp³-hybridized carbons (Fsp3) is 0.333. The third-order valence-electron chi connectivity index (χ3n) is 4.99. The van der Waals surface area contributed by atoms with Crippen molar-refractivity contribution >= 4 is 23.2 Å². The molecule has 1 aliphatic heterocycles. The zero-order valence-corrected chi connectivity index (χ0v) is 17.7. The van der Waals surface area contributed by atoms with Gasteiger partial charge in [-0.1, -0.05) is 11.6 Å². The first-order valence-electron chi connectivity index (χ1n) is 9.92. The van der Waals surface area contributed by atoms with Crippen LogP contribution in [0.3, 0.4) is 0 Å². The second-order valence-corrected chi connectivity index (χ2v) is 7.63. The summed E-state index contributed by atoms with van der Waals surface area (Å²) < 4.78 is 11.8. The molecule has 1 atom stereocenters. The third kappa shape index (κ3) is 5.05. The number of nitriles is 1. The highest BCUT2D eigenvalue weighted by molar-refractivity contribution is 6.31. The van der Waals surface area contributed by atoms with Crippen LogP contribution in [-0.4, -0.2) is 47.0 Å². The number of piperidine rings is 1. The first-order valence-corrected chi connectivity index (χ1v) is 10.3. The zero-order chi connectivity index (χ0) is 21.6. The van der Waals surface area contributed by atoms with Crippen LogP contribution in [0, 0.1) is 17.2 Å². The van der Waals surface area contributed by atoms with Crippen LogP contribution in [0.2, 0.25) is 5.02 Å². The van der Waals surface area contributed by atoms with Crippen LogP contribution in [0.15, 0.2) is 30.6 Å². The van der Waals surface area contributed by atoms with Crippen molar-refractivity contribution in [3.63, 3.8) is 0 Å². The van der Waals surface area contributed by atoms with E-state index in [0.29, 0.717) is 46.4 Å². The molecule has 1 aliphatic rings. The quantitative estimate of drug-likeness (QED) is 0.511. The molecule has 31 heavy (non-hydrogen) atoms. The number of nitrogens with one attached hydrogen (secondary N) is 3. The van der Waals surface area contributed by atoms with Crippen LogP contribution >= 0.6 is 11.6 Å². The molecule has 0 radical (unpaired) electrons. The SMILES string of the molecule is COc1cc(Cl)cc(OC[C@H]2CCCNC2)c1-c1cc(Nc2cnc(C#N)cn2)n[nH]1. The van der Waals surface area contributed by atoms with E-state index in [4.69, 9.17) is 26.3 Å². The Labute approximate surface area is 184 Å². The highest BCUT2D eigenvalue weighted by Gasteiger charge is 2.20. The van der Waals surface area contributed by atoms with Gasteiger partial charge in [0.25, 0.3) is 0 Å². The van der Waals surface area contributed by atoms with E-state index < -0.39 is 0 Å². The molecule has 0 bridgehead atoms. The molecule has 10 heteroatoms. The summed E-state index contributed by atoms with van der Waals surface area (Å²) in [5.41, 5.74) is 1.69. The van der Waals surface area contributed by atoms with Gasteiger partial charge < -0.3 is 20.1 Å². The number of halogens is 1. The minimum atomic E-state index is 0.245. The molecule has 1 fully saturated rings. The van der Waals surface area contributed by atoms with Crippen LogP contribution in [0.25, 0.3) is 11.3 Å². The minimum Gasteiger partial charge on any atom is -0.496 e. The van der Waals surface area contributed by atoms with Gasteiger partial charge in [-0.15, -0.1) is 0 Å². The summed E-state index contributed by atoms with van der Waals surface area (Å²) >= 11 is 6.30. The van der Waals surface area contributed by atoms with E-state index in [2.05, 4.69) is 30.8 Å². The van der Waals surface area contributed by atoms with Gasteiger partial charge >= 0.3 is 0 Å². The van der Waals surface area contributed by atoms with Gasteiger partial charge in [-0.05, 0) is 31.5 Å². The monoisotopic (exact) mass is 439 g/mol. The molecule has 4 rings (SSSR count). The summed E-state index contributed by atoms with van der Waals surface area (Å²) in [6.07, 6.45) is 5.14. The van der Waals surface area contributed by atoms with Gasteiger partial charge in [-0.2, -0.15) is 10.4 Å². The maximum atomic E-state index is 8.84. The van der Waals surface area contributed by atoms with E-state index in [9.17, 15) is 0 Å². The molecule has 1 saturated heterocycles. The van der Waals surface area contributed by atoms with Crippen molar-refractivity contribution in [1.29, 1.82) is 5.26 Å². The number of aromatic nitrogens is 4. The highest BCUT2D eigenvalue weighted by Crippen LogP contribution is 2.41. The molecule has 2 aromatic heterocycles. The van der Waals surface area contributed by atoms with Crippen molar-refractivity contribution in [1.82, 2.24) is 25.5 Å². The average Bonchev–Trinajstić information content (AvgIpc) is 3.26. The molecule has 160 valence electrons. The summed E-state index contributed by atoms with van der Waals surface area (Å²) in [4.78, 5) is 8.14. The lowest BCUT2D eigenvalue weighted by atomic mass is 10.0. The minimum absolute atomic E-state index is 0.245. The Morgan fingerprint density at radius 1 is 1.23 bits per heavy atom. The topological polar surface area (TPSA) is 121 Å². The first-order chi connectivity index (χ1) is 15.2. The smallest absolute Gasteiger partial charge is 0.158 e. The number of anilines is 2. The predicted molar refractivity (Wildman–Crippen MR) is 117 cm³/mol. The Hall–Kier alpha value is -3.35. The van der Waals surface area contributed by atoms with Crippen molar-refractivity contribution in [2.45, 2.75) is 12.8 Å². The zero-order valence-electron chi connectivity index (χ0n) is 17.0. The number of hydrogen-bond donors (Lipinski definition) is 3. The van der Waals surface area contributed by atoms with Gasteiger partial charge in [0.2, 0.25) is 0 Å². The standard InChI is InChI=1S/C21H22ClN7O2/c1-30-17-5-14(22)6-18(31-12-13-3-2-4-24-9-13)21(17)16-7-19(29-28-16)27-20-11-25-15(8-23)10-26-20/h5-7,10-11,13,24H,2-4,9,12H2,1H3,(H2,26,27,28,29)/t13-/m0/s1. The number of ether oxygens (including phenoxy) is 2. The molecule has 0 unspecified atom stereocenters. The summed E-state index contributed by atoms with van der Waals surface area (Å²) in [6.45, 7) is 2.58. The number of nitrogens with zero attached hydrogens (tertiary/aromatic N) is 4. The lowest BCUT2D eigenvalue weighted by Gasteiger charge is -2.23. The van der Waals surface area contributed by atoms with Gasteiger partial charge in [-0.25, -0.2) is 9.97 Å². The number of methoxy groups -OCH3 is 1. The fourth-order valence-corrected chi connectivity index (χ4v) is 3.67. The van der Waals surface area contributed by atoms with Crippen LogP contribution in [0.5, 0.6) is 11.5 Å². The summed E-state index contributed by atoms with van der Waals surface area (Å²) in [5, 5.41) is 23.1. The Morgan fingerprint density at radius 3 is 2.81 bits per heavy atom. The van der Waals surface area contributed by atoms with E-state index in [-0.39, 0.29) is 5.69 Å². The van der Waals surface area contributed by atoms with Crippen LogP contribution in [0.1, 0.15) is 18.5 Å². The van der Waals surface area contributed by atoms with Crippen molar-refractivity contribution in [3.05, 3.63) is 41.3 Å². The van der Waals surface area contributed by atoms with Crippen LogP contribution in [-0.2, 0) is 0 Å². The average molecular weight is 440 g/mol. The Morgan fingerprint density at radius 2 is 2.10 bits per heavy atom. The lowest BCUT2D eigenvalue weighted by Crippen LogP contribution is -2.33. The van der Waals surface area contributed by atoms with Crippen molar-refractivity contribution in [3.8, 4) is 28.8 Å². The van der Waals surface area contributed by atoms with Gasteiger partial charge in [-0.3, -0.25) is 5.10 Å². The Kier molecular flexibility index (Phi) is 6.50. The second kappa shape index (κ2) is 9.64. The van der Waals surface area contributed by atoms with E-state index >= 15 is 0 Å². The van der Waals surface area contributed by atoms with Crippen molar-refractivity contribution in [2.24, 2.45) is 5.92 Å². The maximum Gasteiger partial charge on any atom is 0.158 e. The molecule has 0 aliphatic carbocycles. The molecule has 3 N–H and O–H groups in total. The molecule has 9 nitrogen and oxygen atoms in total. The van der Waals surface area contributed by atoms with Gasteiger partial charge in [0.05, 0.1) is 37.4 Å². The Balaban J connectivity index is 1.58. The Bertz CT molecular complexity index is 1070. The summed E-state index contributed by atoms with van der Waals surface area (Å²) in [5.74, 6) is 2.66. The largest absolute Gasteiger partial charge is 0.496 e. The summed E-state index contributed by atoms with van der Waals surface area (Å²) in [6, 6.07) is 7.29. The van der Waals surface area contributed by atoms with Gasteiger partial charge in [0.15, 0.2) is 11.5 Å². The van der Waals surface area contributed by atoms with Crippen LogP contribution < -0.4 is 20.1 Å². The number of hydrogen-bond acceptors (Lipinski definition) is 8. The second-order valence-electron chi connectivity index (χ2n) is 7.20. The summed E-state index contributed by atoms with van der Waals surface area (Å²) in [7, 11) is 1.59. The van der Waals surface area contributed by atoms with Crippen molar-refractivity contribution in [2.75, 3.05) is 32.1 Å². The van der Waals surface area contributed by atoms with E-state index in [1.54, 1.807) is 19.2 Å². The van der Waals surface area contributed by atoms with Gasteiger partial charge in [0.1, 0.15) is 23.4 Å². The molecule has 0 amide bonds. The first kappa shape index (κ1) is 20.9. The molecule has 0 saturated carbocycles.